The molecule has 27 heavy (non-hydrogen) atoms. The molecule has 0 fully saturated rings. The molecule has 1 heterocycles. The number of hydrogen-bond donors (Lipinski definition) is 1. The van der Waals surface area contributed by atoms with Crippen LogP contribution in [0, 0.1) is 0 Å². The maximum atomic E-state index is 5.71. The number of nitrogens with zero attached hydrogens (tertiary/aromatic N) is 1. The summed E-state index contributed by atoms with van der Waals surface area (Å²) in [6.07, 6.45) is 1.67. The molecule has 0 radical (unpaired) electrons. The summed E-state index contributed by atoms with van der Waals surface area (Å²) in [6.45, 7) is 3.79. The first kappa shape index (κ1) is 19.5. The van der Waals surface area contributed by atoms with Gasteiger partial charge in [-0.15, -0.1) is 0 Å². The Labute approximate surface area is 173 Å². The molecule has 6 heteroatoms. The molecule has 0 spiro atoms. The van der Waals surface area contributed by atoms with E-state index < -0.39 is 0 Å². The Hall–Kier alpha value is -2.31. The second-order valence-electron chi connectivity index (χ2n) is 5.92. The van der Waals surface area contributed by atoms with Gasteiger partial charge in [-0.3, -0.25) is 0 Å². The molecule has 0 bridgehead atoms. The Bertz CT molecular complexity index is 883. The van der Waals surface area contributed by atoms with Gasteiger partial charge >= 0.3 is 0 Å². The average Bonchev–Trinajstić information content (AvgIpc) is 3.16. The summed E-state index contributed by atoms with van der Waals surface area (Å²) in [5.41, 5.74) is 2.00. The van der Waals surface area contributed by atoms with Crippen molar-refractivity contribution < 1.29 is 9.15 Å². The Morgan fingerprint density at radius 3 is 2.70 bits per heavy atom. The molecule has 0 aliphatic carbocycles. The molecule has 0 atom stereocenters. The Morgan fingerprint density at radius 1 is 1.11 bits per heavy atom. The van der Waals surface area contributed by atoms with E-state index in [1.807, 2.05) is 55.5 Å². The number of furan rings is 1. The lowest BCUT2D eigenvalue weighted by atomic mass is 10.2. The normalized spacial score (nSPS) is 10.4. The maximum absolute atomic E-state index is 5.71. The highest BCUT2D eigenvalue weighted by Gasteiger charge is 2.15. The van der Waals surface area contributed by atoms with Gasteiger partial charge in [0.2, 0.25) is 0 Å². The second kappa shape index (κ2) is 9.58. The molecule has 0 amide bonds. The van der Waals surface area contributed by atoms with Gasteiger partial charge in [0, 0.05) is 11.0 Å². The highest BCUT2D eigenvalue weighted by Crippen LogP contribution is 2.25. The number of thiocarbonyl (C=S) groups is 1. The summed E-state index contributed by atoms with van der Waals surface area (Å²) in [7, 11) is 0. The van der Waals surface area contributed by atoms with Crippen molar-refractivity contribution in [1.29, 1.82) is 0 Å². The van der Waals surface area contributed by atoms with E-state index in [4.69, 9.17) is 21.4 Å². The summed E-state index contributed by atoms with van der Waals surface area (Å²) >= 11 is 9.24. The zero-order valence-electron chi connectivity index (χ0n) is 15.0. The quantitative estimate of drug-likeness (QED) is 0.463. The minimum Gasteiger partial charge on any atom is -0.492 e. The van der Waals surface area contributed by atoms with Crippen LogP contribution in [-0.2, 0) is 13.1 Å². The van der Waals surface area contributed by atoms with E-state index in [2.05, 4.69) is 38.3 Å². The Morgan fingerprint density at radius 2 is 1.96 bits per heavy atom. The highest BCUT2D eigenvalue weighted by molar-refractivity contribution is 9.10. The van der Waals surface area contributed by atoms with Crippen LogP contribution in [0.15, 0.2) is 75.8 Å². The minimum absolute atomic E-state index is 0.572. The van der Waals surface area contributed by atoms with E-state index in [1.165, 1.54) is 0 Å². The van der Waals surface area contributed by atoms with E-state index in [0.717, 1.165) is 27.2 Å². The van der Waals surface area contributed by atoms with Crippen molar-refractivity contribution in [3.63, 3.8) is 0 Å². The van der Waals surface area contributed by atoms with Gasteiger partial charge in [-0.25, -0.2) is 0 Å². The number of benzene rings is 2. The van der Waals surface area contributed by atoms with Crippen molar-refractivity contribution in [3.05, 3.63) is 82.7 Å². The molecule has 3 rings (SSSR count). The Kier molecular flexibility index (Phi) is 6.90. The zero-order valence-corrected chi connectivity index (χ0v) is 17.4. The number of hydrogen-bond acceptors (Lipinski definition) is 3. The molecule has 1 N–H and O–H groups in total. The third-order valence-corrected chi connectivity index (χ3v) is 4.76. The zero-order chi connectivity index (χ0) is 19.1. The topological polar surface area (TPSA) is 37.6 Å². The highest BCUT2D eigenvalue weighted by atomic mass is 79.9. The van der Waals surface area contributed by atoms with Gasteiger partial charge in [-0.2, -0.15) is 0 Å². The Balaban J connectivity index is 1.80. The van der Waals surface area contributed by atoms with E-state index in [9.17, 15) is 0 Å². The van der Waals surface area contributed by atoms with E-state index in [-0.39, 0.29) is 0 Å². The predicted molar refractivity (Wildman–Crippen MR) is 116 cm³/mol. The first-order chi connectivity index (χ1) is 13.2. The molecule has 1 aromatic heterocycles. The van der Waals surface area contributed by atoms with Gasteiger partial charge < -0.3 is 19.4 Å². The fourth-order valence-corrected chi connectivity index (χ4v) is 3.38. The first-order valence-corrected chi connectivity index (χ1v) is 9.90. The summed E-state index contributed by atoms with van der Waals surface area (Å²) in [4.78, 5) is 2.07. The van der Waals surface area contributed by atoms with Gasteiger partial charge in [0.25, 0.3) is 0 Å². The molecule has 3 aromatic rings. The summed E-state index contributed by atoms with van der Waals surface area (Å²) < 4.78 is 12.3. The standard InChI is InChI=1S/C21H21BrN2O2S/c1-2-25-20-11-4-3-10-19(20)23-21(27)24(15-18-9-6-12-26-18)14-16-7-5-8-17(22)13-16/h3-13H,2,14-15H2,1H3,(H,23,27). The number of halogens is 1. The molecular weight excluding hydrogens is 424 g/mol. The maximum Gasteiger partial charge on any atom is 0.174 e. The van der Waals surface area contributed by atoms with Crippen LogP contribution in [0.25, 0.3) is 0 Å². The lowest BCUT2D eigenvalue weighted by Crippen LogP contribution is -2.33. The molecule has 140 valence electrons. The molecule has 0 aliphatic rings. The second-order valence-corrected chi connectivity index (χ2v) is 7.23. The summed E-state index contributed by atoms with van der Waals surface area (Å²) in [5, 5.41) is 3.93. The SMILES string of the molecule is CCOc1ccccc1NC(=S)N(Cc1cccc(Br)c1)Cc1ccco1. The van der Waals surface area contributed by atoms with Crippen LogP contribution in [0.3, 0.4) is 0 Å². The fraction of sp³-hybridized carbons (Fsp3) is 0.190. The molecule has 0 saturated carbocycles. The largest absolute Gasteiger partial charge is 0.492 e. The van der Waals surface area contributed by atoms with Crippen molar-refractivity contribution in [2.45, 2.75) is 20.0 Å². The van der Waals surface area contributed by atoms with Crippen molar-refractivity contribution in [3.8, 4) is 5.75 Å². The van der Waals surface area contributed by atoms with Crippen LogP contribution < -0.4 is 10.1 Å². The van der Waals surface area contributed by atoms with Gasteiger partial charge in [0.15, 0.2) is 5.11 Å². The molecule has 0 aliphatic heterocycles. The van der Waals surface area contributed by atoms with Crippen LogP contribution in [0.4, 0.5) is 5.69 Å². The number of nitrogens with one attached hydrogen (secondary N) is 1. The van der Waals surface area contributed by atoms with E-state index in [1.54, 1.807) is 6.26 Å². The van der Waals surface area contributed by atoms with Crippen LogP contribution >= 0.6 is 28.1 Å². The lowest BCUT2D eigenvalue weighted by Gasteiger charge is -2.26. The smallest absolute Gasteiger partial charge is 0.174 e. The summed E-state index contributed by atoms with van der Waals surface area (Å²) in [6, 6.07) is 19.8. The van der Waals surface area contributed by atoms with E-state index in [0.29, 0.717) is 24.8 Å². The predicted octanol–water partition coefficient (Wildman–Crippen LogP) is 5.84. The van der Waals surface area contributed by atoms with Gasteiger partial charge in [-0.05, 0) is 61.1 Å². The van der Waals surface area contributed by atoms with Crippen molar-refractivity contribution >= 4 is 38.9 Å². The van der Waals surface area contributed by atoms with E-state index >= 15 is 0 Å². The fourth-order valence-electron chi connectivity index (χ4n) is 2.69. The molecule has 2 aromatic carbocycles. The monoisotopic (exact) mass is 444 g/mol. The lowest BCUT2D eigenvalue weighted by molar-refractivity contribution is 0.341. The third kappa shape index (κ3) is 5.58. The third-order valence-electron chi connectivity index (χ3n) is 3.90. The summed E-state index contributed by atoms with van der Waals surface area (Å²) in [5.74, 6) is 1.63. The molecule has 0 unspecified atom stereocenters. The van der Waals surface area contributed by atoms with Crippen molar-refractivity contribution in [2.75, 3.05) is 11.9 Å². The number of ether oxygens (including phenoxy) is 1. The van der Waals surface area contributed by atoms with Crippen LogP contribution in [0.1, 0.15) is 18.2 Å². The first-order valence-electron chi connectivity index (χ1n) is 8.70. The van der Waals surface area contributed by atoms with Gasteiger partial charge in [-0.1, -0.05) is 40.2 Å². The van der Waals surface area contributed by atoms with Gasteiger partial charge in [0.05, 0.1) is 25.1 Å². The molecular formula is C21H21BrN2O2S. The average molecular weight is 445 g/mol. The number of rotatable bonds is 7. The van der Waals surface area contributed by atoms with Crippen LogP contribution in [0.2, 0.25) is 0 Å². The van der Waals surface area contributed by atoms with Crippen molar-refractivity contribution in [2.24, 2.45) is 0 Å². The number of anilines is 1. The van der Waals surface area contributed by atoms with Gasteiger partial charge in [0.1, 0.15) is 11.5 Å². The van der Waals surface area contributed by atoms with Crippen molar-refractivity contribution in [1.82, 2.24) is 4.90 Å². The number of para-hydroxylation sites is 2. The minimum atomic E-state index is 0.572. The van der Waals surface area contributed by atoms with Crippen LogP contribution in [0.5, 0.6) is 5.75 Å². The molecule has 4 nitrogen and oxygen atoms in total. The molecule has 0 saturated heterocycles. The van der Waals surface area contributed by atoms with Crippen LogP contribution in [-0.4, -0.2) is 16.6 Å².